The number of rotatable bonds is 2. The summed E-state index contributed by atoms with van der Waals surface area (Å²) in [6, 6.07) is 20.0. The van der Waals surface area contributed by atoms with Crippen LogP contribution in [0.2, 0.25) is 5.02 Å². The van der Waals surface area contributed by atoms with E-state index >= 15 is 0 Å². The number of fused-ring (bicyclic) bond motifs is 1. The van der Waals surface area contributed by atoms with Gasteiger partial charge in [-0.1, -0.05) is 48.0 Å². The van der Waals surface area contributed by atoms with Crippen molar-refractivity contribution < 1.29 is 0 Å². The molecule has 0 saturated carbocycles. The van der Waals surface area contributed by atoms with Gasteiger partial charge in [-0.25, -0.2) is 9.97 Å². The van der Waals surface area contributed by atoms with Crippen LogP contribution in [0, 0.1) is 0 Å². The molecule has 0 radical (unpaired) electrons. The molecule has 0 amide bonds. The van der Waals surface area contributed by atoms with Crippen LogP contribution in [0.3, 0.4) is 0 Å². The van der Waals surface area contributed by atoms with Crippen molar-refractivity contribution in [2.45, 2.75) is 0 Å². The van der Waals surface area contributed by atoms with Crippen molar-refractivity contribution in [3.8, 4) is 17.2 Å². The molecular weight excluding hydrogens is 294 g/mol. The fourth-order valence-electron chi connectivity index (χ4n) is 2.62. The van der Waals surface area contributed by atoms with Gasteiger partial charge in [0.05, 0.1) is 11.2 Å². The molecular formula is C18H12ClN3. The molecule has 2 aromatic carbocycles. The predicted octanol–water partition coefficient (Wildman–Crippen LogP) is 4.74. The first-order chi connectivity index (χ1) is 10.8. The molecule has 2 aromatic heterocycles. The van der Waals surface area contributed by atoms with E-state index in [0.717, 1.165) is 22.2 Å². The van der Waals surface area contributed by atoms with Gasteiger partial charge in [0.2, 0.25) is 5.95 Å². The average Bonchev–Trinajstić information content (AvgIpc) is 2.95. The van der Waals surface area contributed by atoms with E-state index in [1.54, 1.807) is 12.4 Å². The normalized spacial score (nSPS) is 11.0. The zero-order chi connectivity index (χ0) is 14.9. The first-order valence-corrected chi connectivity index (χ1v) is 7.34. The number of hydrogen-bond donors (Lipinski definition) is 0. The van der Waals surface area contributed by atoms with Gasteiger partial charge in [-0.2, -0.15) is 0 Å². The van der Waals surface area contributed by atoms with Crippen molar-refractivity contribution >= 4 is 22.5 Å². The summed E-state index contributed by atoms with van der Waals surface area (Å²) in [6.07, 6.45) is 3.49. The second-order valence-corrected chi connectivity index (χ2v) is 5.42. The van der Waals surface area contributed by atoms with Gasteiger partial charge in [0.15, 0.2) is 0 Å². The number of hydrogen-bond acceptors (Lipinski definition) is 2. The third kappa shape index (κ3) is 2.16. The molecule has 2 heterocycles. The highest BCUT2D eigenvalue weighted by Crippen LogP contribution is 2.31. The van der Waals surface area contributed by atoms with Gasteiger partial charge < -0.3 is 0 Å². The van der Waals surface area contributed by atoms with E-state index in [4.69, 9.17) is 11.6 Å². The van der Waals surface area contributed by atoms with Crippen LogP contribution in [0.25, 0.3) is 28.1 Å². The van der Waals surface area contributed by atoms with Gasteiger partial charge >= 0.3 is 0 Å². The van der Waals surface area contributed by atoms with Gasteiger partial charge in [0, 0.05) is 22.8 Å². The molecule has 22 heavy (non-hydrogen) atoms. The van der Waals surface area contributed by atoms with Crippen LogP contribution in [0.15, 0.2) is 73.1 Å². The Morgan fingerprint density at radius 2 is 1.59 bits per heavy atom. The van der Waals surface area contributed by atoms with Crippen molar-refractivity contribution in [2.75, 3.05) is 0 Å². The van der Waals surface area contributed by atoms with Gasteiger partial charge in [0.1, 0.15) is 0 Å². The van der Waals surface area contributed by atoms with Crippen molar-refractivity contribution in [1.82, 2.24) is 14.5 Å². The predicted molar refractivity (Wildman–Crippen MR) is 89.3 cm³/mol. The van der Waals surface area contributed by atoms with E-state index in [1.807, 2.05) is 47.0 Å². The standard InChI is InChI=1S/C18H12ClN3/c19-15-8-7-14-11-16(13-5-2-1-3-6-13)22(17(14)12-15)18-20-9-4-10-21-18/h1-12H. The molecule has 0 N–H and O–H groups in total. The minimum absolute atomic E-state index is 0.638. The van der Waals surface area contributed by atoms with E-state index < -0.39 is 0 Å². The Morgan fingerprint density at radius 1 is 0.818 bits per heavy atom. The molecule has 0 saturated heterocycles. The first-order valence-electron chi connectivity index (χ1n) is 6.97. The summed E-state index contributed by atoms with van der Waals surface area (Å²) < 4.78 is 2.04. The molecule has 4 rings (SSSR count). The van der Waals surface area contributed by atoms with Crippen LogP contribution in [0.1, 0.15) is 0 Å². The maximum atomic E-state index is 6.18. The number of halogens is 1. The largest absolute Gasteiger partial charge is 0.278 e. The molecule has 0 fully saturated rings. The topological polar surface area (TPSA) is 30.7 Å². The van der Waals surface area contributed by atoms with Crippen LogP contribution >= 0.6 is 11.6 Å². The van der Waals surface area contributed by atoms with Crippen LogP contribution in [-0.2, 0) is 0 Å². The highest BCUT2D eigenvalue weighted by molar-refractivity contribution is 6.31. The van der Waals surface area contributed by atoms with Gasteiger partial charge in [-0.3, -0.25) is 4.57 Å². The van der Waals surface area contributed by atoms with E-state index in [-0.39, 0.29) is 0 Å². The van der Waals surface area contributed by atoms with Crippen molar-refractivity contribution in [1.29, 1.82) is 0 Å². The lowest BCUT2D eigenvalue weighted by Gasteiger charge is -2.09. The van der Waals surface area contributed by atoms with Crippen molar-refractivity contribution in [3.05, 3.63) is 78.1 Å². The summed E-state index contributed by atoms with van der Waals surface area (Å²) in [6.45, 7) is 0. The molecule has 0 atom stereocenters. The Hall–Kier alpha value is -2.65. The Morgan fingerprint density at radius 3 is 2.36 bits per heavy atom. The lowest BCUT2D eigenvalue weighted by Crippen LogP contribution is -2.01. The van der Waals surface area contributed by atoms with E-state index in [0.29, 0.717) is 11.0 Å². The third-order valence-electron chi connectivity index (χ3n) is 3.59. The van der Waals surface area contributed by atoms with Crippen molar-refractivity contribution in [2.24, 2.45) is 0 Å². The molecule has 0 unspecified atom stereocenters. The van der Waals surface area contributed by atoms with Crippen LogP contribution in [0.5, 0.6) is 0 Å². The molecule has 0 aliphatic rings. The Bertz CT molecular complexity index is 931. The lowest BCUT2D eigenvalue weighted by molar-refractivity contribution is 0.968. The molecule has 0 aliphatic heterocycles. The summed E-state index contributed by atoms with van der Waals surface area (Å²) in [4.78, 5) is 8.79. The molecule has 4 aromatic rings. The Balaban J connectivity index is 2.08. The first kappa shape index (κ1) is 13.0. The second kappa shape index (κ2) is 5.28. The van der Waals surface area contributed by atoms with Gasteiger partial charge in [0.25, 0.3) is 0 Å². The molecule has 0 spiro atoms. The molecule has 4 heteroatoms. The smallest absolute Gasteiger partial charge is 0.234 e. The van der Waals surface area contributed by atoms with Crippen molar-refractivity contribution in [3.63, 3.8) is 0 Å². The summed E-state index contributed by atoms with van der Waals surface area (Å²) in [7, 11) is 0. The second-order valence-electron chi connectivity index (χ2n) is 4.98. The third-order valence-corrected chi connectivity index (χ3v) is 3.82. The monoisotopic (exact) mass is 305 g/mol. The minimum atomic E-state index is 0.638. The summed E-state index contributed by atoms with van der Waals surface area (Å²) in [5.41, 5.74) is 3.16. The fourth-order valence-corrected chi connectivity index (χ4v) is 2.78. The molecule has 3 nitrogen and oxygen atoms in total. The van der Waals surface area contributed by atoms with E-state index in [9.17, 15) is 0 Å². The van der Waals surface area contributed by atoms with E-state index in [2.05, 4.69) is 28.2 Å². The number of aromatic nitrogens is 3. The van der Waals surface area contributed by atoms with Gasteiger partial charge in [-0.05, 0) is 29.8 Å². The molecule has 106 valence electrons. The fraction of sp³-hybridized carbons (Fsp3) is 0. The number of nitrogens with zero attached hydrogens (tertiary/aromatic N) is 3. The summed E-state index contributed by atoms with van der Waals surface area (Å²) >= 11 is 6.18. The highest BCUT2D eigenvalue weighted by atomic mass is 35.5. The van der Waals surface area contributed by atoms with Crippen LogP contribution < -0.4 is 0 Å². The zero-order valence-electron chi connectivity index (χ0n) is 11.6. The Labute approximate surface area is 132 Å². The Kier molecular flexibility index (Phi) is 3.13. The maximum Gasteiger partial charge on any atom is 0.234 e. The molecule has 0 bridgehead atoms. The van der Waals surface area contributed by atoms with Crippen LogP contribution in [0.4, 0.5) is 0 Å². The van der Waals surface area contributed by atoms with Crippen LogP contribution in [-0.4, -0.2) is 14.5 Å². The zero-order valence-corrected chi connectivity index (χ0v) is 12.4. The summed E-state index contributed by atoms with van der Waals surface area (Å²) in [5, 5.41) is 1.80. The SMILES string of the molecule is Clc1ccc2cc(-c3ccccc3)n(-c3ncccn3)c2c1. The average molecular weight is 306 g/mol. The maximum absolute atomic E-state index is 6.18. The molecule has 0 aliphatic carbocycles. The minimum Gasteiger partial charge on any atom is -0.278 e. The summed E-state index contributed by atoms with van der Waals surface area (Å²) in [5.74, 6) is 0.638. The quantitative estimate of drug-likeness (QED) is 0.535. The van der Waals surface area contributed by atoms with Gasteiger partial charge in [-0.15, -0.1) is 0 Å². The lowest BCUT2D eigenvalue weighted by atomic mass is 10.1. The number of benzene rings is 2. The van der Waals surface area contributed by atoms with E-state index in [1.165, 1.54) is 0 Å². The highest BCUT2D eigenvalue weighted by Gasteiger charge is 2.14.